The van der Waals surface area contributed by atoms with Crippen LogP contribution in [0.25, 0.3) is 22.2 Å². The maximum absolute atomic E-state index is 13.3. The van der Waals surface area contributed by atoms with Gasteiger partial charge in [0, 0.05) is 58.6 Å². The van der Waals surface area contributed by atoms with Crippen molar-refractivity contribution in [2.75, 3.05) is 26.8 Å². The number of nitrogens with zero attached hydrogens (tertiary/aromatic N) is 2. The Bertz CT molecular complexity index is 1460. The van der Waals surface area contributed by atoms with Crippen LogP contribution in [0.3, 0.4) is 0 Å². The number of thiophene rings is 1. The number of amides is 1. The lowest BCUT2D eigenvalue weighted by atomic mass is 9.78. The molecule has 2 aromatic heterocycles. The lowest BCUT2D eigenvalue weighted by Crippen LogP contribution is -2.44. The Morgan fingerprint density at radius 2 is 1.90 bits per heavy atom. The monoisotopic (exact) mass is 556 g/mol. The van der Waals surface area contributed by atoms with Crippen molar-refractivity contribution in [3.8, 4) is 17.0 Å². The summed E-state index contributed by atoms with van der Waals surface area (Å²) >= 11 is 1.76. The maximum Gasteiger partial charge on any atom is 0.251 e. The molecule has 1 amide bonds. The summed E-state index contributed by atoms with van der Waals surface area (Å²) in [6.07, 6.45) is 6.90. The number of hydrogen-bond acceptors (Lipinski definition) is 6. The molecule has 2 aromatic carbocycles. The van der Waals surface area contributed by atoms with E-state index in [0.717, 1.165) is 66.8 Å². The molecule has 0 aliphatic carbocycles. The van der Waals surface area contributed by atoms with E-state index in [0.29, 0.717) is 24.2 Å². The van der Waals surface area contributed by atoms with Gasteiger partial charge >= 0.3 is 0 Å². The fourth-order valence-electron chi connectivity index (χ4n) is 6.92. The predicted octanol–water partition coefficient (Wildman–Crippen LogP) is 5.77. The van der Waals surface area contributed by atoms with Crippen LogP contribution in [-0.2, 0) is 10.2 Å². The standard InChI is InChI=1S/C32H36N4O3S/c1-36-23-7-8-24(36)19-26(18-23)39-25-9-4-21(5-10-25)30-27-17-22(6-11-28(27)34-35-30)31(37)33-20-32(12-14-38-15-13-32)29-3-2-16-40-29/h2-6,9-11,16-17,23-24,26H,7-8,12-15,18-20H2,1H3,(H,33,37)(H,34,35)/t23-,24+,26+. The highest BCUT2D eigenvalue weighted by molar-refractivity contribution is 7.10. The third kappa shape index (κ3) is 4.82. The van der Waals surface area contributed by atoms with Gasteiger partial charge in [0.2, 0.25) is 0 Å². The molecule has 3 aliphatic heterocycles. The Hall–Kier alpha value is -3.20. The normalized spacial score (nSPS) is 24.3. The molecule has 208 valence electrons. The number of nitrogens with one attached hydrogen (secondary N) is 2. The average molecular weight is 557 g/mol. The van der Waals surface area contributed by atoms with E-state index in [4.69, 9.17) is 9.47 Å². The molecule has 5 heterocycles. The van der Waals surface area contributed by atoms with Gasteiger partial charge in [-0.15, -0.1) is 11.3 Å². The third-order valence-corrected chi connectivity index (χ3v) is 10.5. The summed E-state index contributed by atoms with van der Waals surface area (Å²) in [5, 5.41) is 14.0. The number of aromatic nitrogens is 2. The highest BCUT2D eigenvalue weighted by Crippen LogP contribution is 2.38. The number of hydrogen-bond donors (Lipinski definition) is 2. The van der Waals surface area contributed by atoms with Gasteiger partial charge in [-0.05, 0) is 99.5 Å². The quantitative estimate of drug-likeness (QED) is 0.302. The molecule has 0 spiro atoms. The van der Waals surface area contributed by atoms with Crippen molar-refractivity contribution in [2.24, 2.45) is 0 Å². The Morgan fingerprint density at radius 3 is 2.62 bits per heavy atom. The fourth-order valence-corrected chi connectivity index (χ4v) is 7.91. The van der Waals surface area contributed by atoms with Crippen molar-refractivity contribution in [3.63, 3.8) is 0 Å². The van der Waals surface area contributed by atoms with E-state index in [1.165, 1.54) is 17.7 Å². The average Bonchev–Trinajstić information content (AvgIpc) is 3.72. The number of piperidine rings is 1. The third-order valence-electron chi connectivity index (χ3n) is 9.39. The molecular formula is C32H36N4O3S. The highest BCUT2D eigenvalue weighted by Gasteiger charge is 2.39. The number of fused-ring (bicyclic) bond motifs is 3. The summed E-state index contributed by atoms with van der Waals surface area (Å²) in [6, 6.07) is 19.6. The second-order valence-electron chi connectivity index (χ2n) is 11.7. The molecule has 0 unspecified atom stereocenters. The first-order valence-corrected chi connectivity index (χ1v) is 15.3. The van der Waals surface area contributed by atoms with Gasteiger partial charge in [-0.2, -0.15) is 5.10 Å². The minimum atomic E-state index is -0.0656. The zero-order valence-electron chi connectivity index (χ0n) is 22.9. The van der Waals surface area contributed by atoms with Crippen LogP contribution in [0.4, 0.5) is 0 Å². The van der Waals surface area contributed by atoms with Crippen LogP contribution in [-0.4, -0.2) is 66.0 Å². The van der Waals surface area contributed by atoms with Crippen LogP contribution in [0, 0.1) is 0 Å². The largest absolute Gasteiger partial charge is 0.490 e. The second-order valence-corrected chi connectivity index (χ2v) is 12.6. The van der Waals surface area contributed by atoms with Gasteiger partial charge in [0.25, 0.3) is 5.91 Å². The summed E-state index contributed by atoms with van der Waals surface area (Å²) in [5.74, 6) is 0.845. The van der Waals surface area contributed by atoms with E-state index < -0.39 is 0 Å². The Balaban J connectivity index is 1.06. The summed E-state index contributed by atoms with van der Waals surface area (Å²) < 4.78 is 12.0. The van der Waals surface area contributed by atoms with Crippen LogP contribution < -0.4 is 10.1 Å². The summed E-state index contributed by atoms with van der Waals surface area (Å²) in [4.78, 5) is 17.2. The molecule has 2 bridgehead atoms. The lowest BCUT2D eigenvalue weighted by molar-refractivity contribution is 0.0499. The summed E-state index contributed by atoms with van der Waals surface area (Å²) in [7, 11) is 2.25. The number of carbonyl (C=O) groups is 1. The molecule has 3 saturated heterocycles. The van der Waals surface area contributed by atoms with Crippen LogP contribution in [0.1, 0.15) is 53.8 Å². The van der Waals surface area contributed by atoms with Crippen LogP contribution in [0.5, 0.6) is 5.75 Å². The lowest BCUT2D eigenvalue weighted by Gasteiger charge is -2.36. The van der Waals surface area contributed by atoms with Gasteiger partial charge in [0.15, 0.2) is 0 Å². The molecule has 2 N–H and O–H groups in total. The molecule has 0 saturated carbocycles. The first kappa shape index (κ1) is 25.7. The van der Waals surface area contributed by atoms with Gasteiger partial charge in [-0.25, -0.2) is 0 Å². The Labute approximate surface area is 238 Å². The molecule has 3 atom stereocenters. The molecule has 7 rings (SSSR count). The topological polar surface area (TPSA) is 79.5 Å². The van der Waals surface area contributed by atoms with Crippen molar-refractivity contribution < 1.29 is 14.3 Å². The van der Waals surface area contributed by atoms with Gasteiger partial charge in [-0.3, -0.25) is 9.89 Å². The zero-order chi connectivity index (χ0) is 27.1. The first-order chi connectivity index (χ1) is 19.6. The van der Waals surface area contributed by atoms with Crippen molar-refractivity contribution in [1.29, 1.82) is 0 Å². The molecule has 8 heteroatoms. The van der Waals surface area contributed by atoms with E-state index in [1.54, 1.807) is 11.3 Å². The van der Waals surface area contributed by atoms with E-state index in [1.807, 2.05) is 30.3 Å². The highest BCUT2D eigenvalue weighted by atomic mass is 32.1. The maximum atomic E-state index is 13.3. The predicted molar refractivity (Wildman–Crippen MR) is 158 cm³/mol. The zero-order valence-corrected chi connectivity index (χ0v) is 23.7. The fraction of sp³-hybridized carbons (Fsp3) is 0.438. The van der Waals surface area contributed by atoms with Gasteiger partial charge in [0.1, 0.15) is 11.9 Å². The second kappa shape index (κ2) is 10.7. The van der Waals surface area contributed by atoms with Crippen molar-refractivity contribution >= 4 is 28.1 Å². The number of ether oxygens (including phenoxy) is 2. The van der Waals surface area contributed by atoms with Gasteiger partial charge in [-0.1, -0.05) is 6.07 Å². The van der Waals surface area contributed by atoms with Crippen molar-refractivity contribution in [1.82, 2.24) is 20.4 Å². The van der Waals surface area contributed by atoms with Gasteiger partial charge in [0.05, 0.1) is 11.2 Å². The van der Waals surface area contributed by atoms with E-state index >= 15 is 0 Å². The Kier molecular flexibility index (Phi) is 6.86. The van der Waals surface area contributed by atoms with E-state index in [9.17, 15) is 4.79 Å². The van der Waals surface area contributed by atoms with Crippen LogP contribution in [0.15, 0.2) is 60.0 Å². The molecule has 3 aliphatic rings. The molecule has 3 fully saturated rings. The molecular weight excluding hydrogens is 520 g/mol. The molecule has 40 heavy (non-hydrogen) atoms. The minimum absolute atomic E-state index is 0.0627. The molecule has 0 radical (unpaired) electrons. The number of H-pyrrole nitrogens is 1. The Morgan fingerprint density at radius 1 is 1.12 bits per heavy atom. The molecule has 7 nitrogen and oxygen atoms in total. The number of aromatic amines is 1. The first-order valence-electron chi connectivity index (χ1n) is 14.5. The minimum Gasteiger partial charge on any atom is -0.490 e. The number of carbonyl (C=O) groups excluding carboxylic acids is 1. The van der Waals surface area contributed by atoms with Gasteiger partial charge < -0.3 is 19.7 Å². The molecule has 4 aromatic rings. The van der Waals surface area contributed by atoms with Crippen LogP contribution in [0.2, 0.25) is 0 Å². The smallest absolute Gasteiger partial charge is 0.251 e. The van der Waals surface area contributed by atoms with E-state index in [2.05, 4.69) is 57.1 Å². The number of rotatable bonds is 7. The summed E-state index contributed by atoms with van der Waals surface area (Å²) in [6.45, 7) is 2.05. The van der Waals surface area contributed by atoms with Crippen LogP contribution >= 0.6 is 11.3 Å². The van der Waals surface area contributed by atoms with Crippen molar-refractivity contribution in [2.45, 2.75) is 62.1 Å². The van der Waals surface area contributed by atoms with Crippen molar-refractivity contribution in [3.05, 3.63) is 70.4 Å². The summed E-state index contributed by atoms with van der Waals surface area (Å²) in [5.41, 5.74) is 3.32. The van der Waals surface area contributed by atoms with E-state index in [-0.39, 0.29) is 17.4 Å². The number of benzene rings is 2. The SMILES string of the molecule is CN1[C@@H]2CC[C@H]1C[C@@H](Oc1ccc(-c3n[nH]c4ccc(C(=O)NCC5(c6cccs6)CCOCC5)cc34)cc1)C2.